The molecule has 0 bridgehead atoms. The second kappa shape index (κ2) is 5.72. The Kier molecular flexibility index (Phi) is 3.76. The fraction of sp³-hybridized carbons (Fsp3) is 0.286. The lowest BCUT2D eigenvalue weighted by atomic mass is 10.3. The van der Waals surface area contributed by atoms with Crippen molar-refractivity contribution in [2.45, 2.75) is 13.3 Å². The standard InChI is InChI=1S/C14H15N5O2S/c1-9-13(19(20)21)14(18(2)17-9)15-8-7-12-16-10-5-3-4-6-11(10)22-12/h3-6,15H,7-8H2,1-2H3. The van der Waals surface area contributed by atoms with E-state index in [1.54, 1.807) is 25.3 Å². The van der Waals surface area contributed by atoms with E-state index in [4.69, 9.17) is 0 Å². The Bertz CT molecular complexity index is 806. The van der Waals surface area contributed by atoms with Crippen molar-refractivity contribution in [1.29, 1.82) is 0 Å². The lowest BCUT2D eigenvalue weighted by Gasteiger charge is -2.04. The average Bonchev–Trinajstić information content (AvgIpc) is 2.99. The van der Waals surface area contributed by atoms with E-state index in [1.807, 2.05) is 24.3 Å². The van der Waals surface area contributed by atoms with Crippen molar-refractivity contribution in [3.8, 4) is 0 Å². The number of benzene rings is 1. The fourth-order valence-electron chi connectivity index (χ4n) is 2.38. The quantitative estimate of drug-likeness (QED) is 0.577. The number of hydrogen-bond acceptors (Lipinski definition) is 6. The van der Waals surface area contributed by atoms with E-state index in [2.05, 4.69) is 15.4 Å². The molecule has 114 valence electrons. The highest BCUT2D eigenvalue weighted by molar-refractivity contribution is 7.18. The van der Waals surface area contributed by atoms with Gasteiger partial charge in [0.25, 0.3) is 0 Å². The third-order valence-corrected chi connectivity index (χ3v) is 4.44. The largest absolute Gasteiger partial charge is 0.364 e. The molecule has 0 spiro atoms. The molecule has 0 radical (unpaired) electrons. The lowest BCUT2D eigenvalue weighted by Crippen LogP contribution is -2.09. The van der Waals surface area contributed by atoms with Crippen LogP contribution in [0.25, 0.3) is 10.2 Å². The summed E-state index contributed by atoms with van der Waals surface area (Å²) in [6, 6.07) is 7.98. The predicted octanol–water partition coefficient (Wildman–Crippen LogP) is 2.90. The molecule has 1 N–H and O–H groups in total. The Hall–Kier alpha value is -2.48. The predicted molar refractivity (Wildman–Crippen MR) is 86.4 cm³/mol. The Morgan fingerprint density at radius 2 is 2.18 bits per heavy atom. The molecule has 2 aromatic heterocycles. The number of thiazole rings is 1. The van der Waals surface area contributed by atoms with Crippen LogP contribution in [0.5, 0.6) is 0 Å². The van der Waals surface area contributed by atoms with Crippen molar-refractivity contribution < 1.29 is 4.92 Å². The SMILES string of the molecule is Cc1nn(C)c(NCCc2nc3ccccc3s2)c1[N+](=O)[O-]. The van der Waals surface area contributed by atoms with Crippen LogP contribution in [0.1, 0.15) is 10.7 Å². The van der Waals surface area contributed by atoms with Crippen LogP contribution >= 0.6 is 11.3 Å². The first-order valence-corrected chi connectivity index (χ1v) is 7.64. The van der Waals surface area contributed by atoms with Crippen molar-refractivity contribution in [3.63, 3.8) is 0 Å². The number of aromatic nitrogens is 3. The first kappa shape index (κ1) is 14.5. The van der Waals surface area contributed by atoms with Gasteiger partial charge in [-0.3, -0.25) is 10.1 Å². The number of aryl methyl sites for hydroxylation is 2. The minimum atomic E-state index is -0.400. The first-order chi connectivity index (χ1) is 10.6. The fourth-order valence-corrected chi connectivity index (χ4v) is 3.35. The van der Waals surface area contributed by atoms with E-state index in [0.717, 1.165) is 15.2 Å². The highest BCUT2D eigenvalue weighted by Gasteiger charge is 2.23. The van der Waals surface area contributed by atoms with Crippen molar-refractivity contribution >= 4 is 33.1 Å². The summed E-state index contributed by atoms with van der Waals surface area (Å²) in [6.07, 6.45) is 0.709. The summed E-state index contributed by atoms with van der Waals surface area (Å²) >= 11 is 1.64. The van der Waals surface area contributed by atoms with E-state index in [1.165, 1.54) is 4.68 Å². The average molecular weight is 317 g/mol. The van der Waals surface area contributed by atoms with Crippen LogP contribution in [-0.4, -0.2) is 26.2 Å². The Labute approximate surface area is 130 Å². The normalized spacial score (nSPS) is 11.0. The highest BCUT2D eigenvalue weighted by Crippen LogP contribution is 2.27. The molecule has 8 heteroatoms. The molecule has 0 amide bonds. The summed E-state index contributed by atoms with van der Waals surface area (Å²) in [5.41, 5.74) is 1.44. The van der Waals surface area contributed by atoms with Crippen molar-refractivity contribution in [1.82, 2.24) is 14.8 Å². The van der Waals surface area contributed by atoms with Gasteiger partial charge >= 0.3 is 5.69 Å². The maximum atomic E-state index is 11.1. The summed E-state index contributed by atoms with van der Waals surface area (Å²) in [5, 5.41) is 19.3. The molecule has 0 unspecified atom stereocenters. The smallest absolute Gasteiger partial charge is 0.333 e. The molecule has 0 atom stereocenters. The number of fused-ring (bicyclic) bond motifs is 1. The van der Waals surface area contributed by atoms with Gasteiger partial charge in [-0.25, -0.2) is 9.67 Å². The van der Waals surface area contributed by atoms with Crippen LogP contribution in [0.2, 0.25) is 0 Å². The van der Waals surface area contributed by atoms with E-state index >= 15 is 0 Å². The molecule has 0 fully saturated rings. The van der Waals surface area contributed by atoms with E-state index < -0.39 is 4.92 Å². The number of nitrogens with one attached hydrogen (secondary N) is 1. The number of nitrogens with zero attached hydrogens (tertiary/aromatic N) is 4. The summed E-state index contributed by atoms with van der Waals surface area (Å²) in [5.74, 6) is 0.434. The van der Waals surface area contributed by atoms with Crippen LogP contribution in [0, 0.1) is 17.0 Å². The van der Waals surface area contributed by atoms with Gasteiger partial charge in [0.15, 0.2) is 0 Å². The van der Waals surface area contributed by atoms with Gasteiger partial charge in [-0.15, -0.1) is 11.3 Å². The molecule has 0 aliphatic heterocycles. The van der Waals surface area contributed by atoms with Gasteiger partial charge in [-0.05, 0) is 19.1 Å². The zero-order valence-corrected chi connectivity index (χ0v) is 13.1. The summed E-state index contributed by atoms with van der Waals surface area (Å²) in [6.45, 7) is 2.20. The maximum absolute atomic E-state index is 11.1. The van der Waals surface area contributed by atoms with Crippen LogP contribution < -0.4 is 5.32 Å². The topological polar surface area (TPSA) is 85.9 Å². The zero-order chi connectivity index (χ0) is 15.7. The number of nitro groups is 1. The minimum absolute atomic E-state index is 0.0341. The second-order valence-corrected chi connectivity index (χ2v) is 6.03. The number of para-hydroxylation sites is 1. The van der Waals surface area contributed by atoms with Gasteiger partial charge in [-0.1, -0.05) is 12.1 Å². The van der Waals surface area contributed by atoms with Crippen LogP contribution in [-0.2, 0) is 13.5 Å². The second-order valence-electron chi connectivity index (χ2n) is 4.92. The molecular weight excluding hydrogens is 302 g/mol. The third kappa shape index (κ3) is 2.64. The van der Waals surface area contributed by atoms with Crippen LogP contribution in [0.4, 0.5) is 11.5 Å². The number of rotatable bonds is 5. The molecule has 0 aliphatic carbocycles. The van der Waals surface area contributed by atoms with Gasteiger partial charge < -0.3 is 5.32 Å². The molecule has 0 saturated carbocycles. The van der Waals surface area contributed by atoms with Crippen LogP contribution in [0.15, 0.2) is 24.3 Å². The number of hydrogen-bond donors (Lipinski definition) is 1. The molecule has 7 nitrogen and oxygen atoms in total. The Morgan fingerprint density at radius 3 is 2.91 bits per heavy atom. The molecule has 3 rings (SSSR count). The molecule has 3 aromatic rings. The maximum Gasteiger partial charge on any atom is 0.333 e. The third-order valence-electron chi connectivity index (χ3n) is 3.34. The zero-order valence-electron chi connectivity index (χ0n) is 12.2. The van der Waals surface area contributed by atoms with Gasteiger partial charge in [0, 0.05) is 20.0 Å². The molecule has 0 saturated heterocycles. The number of anilines is 1. The molecular formula is C14H15N5O2S. The van der Waals surface area contributed by atoms with Crippen molar-refractivity contribution in [2.24, 2.45) is 7.05 Å². The Balaban J connectivity index is 1.72. The molecule has 0 aliphatic rings. The minimum Gasteiger partial charge on any atom is -0.364 e. The van der Waals surface area contributed by atoms with E-state index in [9.17, 15) is 10.1 Å². The van der Waals surface area contributed by atoms with Gasteiger partial charge in [0.05, 0.1) is 20.1 Å². The van der Waals surface area contributed by atoms with Crippen molar-refractivity contribution in [3.05, 3.63) is 45.1 Å². The van der Waals surface area contributed by atoms with Gasteiger partial charge in [0.2, 0.25) is 5.82 Å². The lowest BCUT2D eigenvalue weighted by molar-refractivity contribution is -0.384. The first-order valence-electron chi connectivity index (χ1n) is 6.82. The summed E-state index contributed by atoms with van der Waals surface area (Å²) < 4.78 is 2.66. The molecule has 2 heterocycles. The van der Waals surface area contributed by atoms with Gasteiger partial charge in [0.1, 0.15) is 5.69 Å². The molecule has 1 aromatic carbocycles. The summed E-state index contributed by atoms with van der Waals surface area (Å²) in [4.78, 5) is 15.3. The Morgan fingerprint density at radius 1 is 1.41 bits per heavy atom. The van der Waals surface area contributed by atoms with Gasteiger partial charge in [-0.2, -0.15) is 5.10 Å². The highest BCUT2D eigenvalue weighted by atomic mass is 32.1. The van der Waals surface area contributed by atoms with Crippen LogP contribution in [0.3, 0.4) is 0 Å². The van der Waals surface area contributed by atoms with Crippen molar-refractivity contribution in [2.75, 3.05) is 11.9 Å². The summed E-state index contributed by atoms with van der Waals surface area (Å²) in [7, 11) is 1.69. The monoisotopic (exact) mass is 317 g/mol. The van der Waals surface area contributed by atoms with E-state index in [-0.39, 0.29) is 5.69 Å². The molecule has 22 heavy (non-hydrogen) atoms. The van der Waals surface area contributed by atoms with E-state index in [0.29, 0.717) is 24.5 Å².